The van der Waals surface area contributed by atoms with Crippen molar-refractivity contribution in [3.05, 3.63) is 46.5 Å². The van der Waals surface area contributed by atoms with Gasteiger partial charge in [0, 0.05) is 20.1 Å². The van der Waals surface area contributed by atoms with Gasteiger partial charge >= 0.3 is 0 Å². The first kappa shape index (κ1) is 19.6. The van der Waals surface area contributed by atoms with Crippen molar-refractivity contribution in [3.63, 3.8) is 0 Å². The van der Waals surface area contributed by atoms with Crippen LogP contribution in [0.15, 0.2) is 30.3 Å². The molecule has 0 unspecified atom stereocenters. The average molecular weight is 385 g/mol. The largest absolute Gasteiger partial charge is 0.370 e. The maximum Gasteiger partial charge on any atom is 0.208 e. The summed E-state index contributed by atoms with van der Waals surface area (Å²) in [5, 5.41) is 4.18. The number of rotatable bonds is 7. The highest BCUT2D eigenvalue weighted by Crippen LogP contribution is 2.33. The molecule has 3 rings (SSSR count). The molecule has 1 aromatic heterocycles. The minimum Gasteiger partial charge on any atom is -0.370 e. The van der Waals surface area contributed by atoms with Crippen LogP contribution < -0.4 is 10.2 Å². The van der Waals surface area contributed by atoms with Crippen molar-refractivity contribution >= 4 is 40.0 Å². The van der Waals surface area contributed by atoms with E-state index in [0.29, 0.717) is 0 Å². The van der Waals surface area contributed by atoms with Crippen molar-refractivity contribution in [2.75, 3.05) is 23.3 Å². The first-order chi connectivity index (χ1) is 13.0. The Morgan fingerprint density at radius 1 is 1.11 bits per heavy atom. The normalized spacial score (nSPS) is 11.2. The smallest absolute Gasteiger partial charge is 0.208 e. The predicted molar refractivity (Wildman–Crippen MR) is 118 cm³/mol. The third-order valence-corrected chi connectivity index (χ3v) is 5.17. The van der Waals surface area contributed by atoms with Crippen LogP contribution >= 0.6 is 11.6 Å². The van der Waals surface area contributed by atoms with Gasteiger partial charge in [-0.15, -0.1) is 0 Å². The van der Waals surface area contributed by atoms with Gasteiger partial charge < -0.3 is 14.8 Å². The van der Waals surface area contributed by atoms with Gasteiger partial charge in [-0.1, -0.05) is 37.6 Å². The molecule has 2 aromatic carbocycles. The maximum absolute atomic E-state index is 6.49. The third kappa shape index (κ3) is 3.91. The Morgan fingerprint density at radius 2 is 1.81 bits per heavy atom. The van der Waals surface area contributed by atoms with Crippen LogP contribution in [0.2, 0.25) is 5.02 Å². The zero-order chi connectivity index (χ0) is 19.6. The number of halogens is 1. The molecule has 27 heavy (non-hydrogen) atoms. The molecule has 0 amide bonds. The lowest BCUT2D eigenvalue weighted by Gasteiger charge is -2.25. The summed E-state index contributed by atoms with van der Waals surface area (Å²) in [6, 6.07) is 10.5. The van der Waals surface area contributed by atoms with Crippen LogP contribution in [0.3, 0.4) is 0 Å². The van der Waals surface area contributed by atoms with E-state index in [0.717, 1.165) is 64.7 Å². The van der Waals surface area contributed by atoms with E-state index in [2.05, 4.69) is 73.8 Å². The van der Waals surface area contributed by atoms with E-state index in [1.54, 1.807) is 0 Å². The number of hydrogen-bond acceptors (Lipinski definition) is 3. The molecule has 0 atom stereocenters. The molecule has 0 aliphatic carbocycles. The third-order valence-electron chi connectivity index (χ3n) is 4.87. The average Bonchev–Trinajstić information content (AvgIpc) is 2.94. The topological polar surface area (TPSA) is 33.1 Å². The molecule has 1 heterocycles. The van der Waals surface area contributed by atoms with Gasteiger partial charge in [0.15, 0.2) is 0 Å². The summed E-state index contributed by atoms with van der Waals surface area (Å²) < 4.78 is 2.14. The molecule has 3 aromatic rings. The van der Waals surface area contributed by atoms with Crippen molar-refractivity contribution < 1.29 is 0 Å². The van der Waals surface area contributed by atoms with Gasteiger partial charge in [0.25, 0.3) is 0 Å². The van der Waals surface area contributed by atoms with Crippen LogP contribution in [0.1, 0.15) is 37.8 Å². The lowest BCUT2D eigenvalue weighted by Crippen LogP contribution is -2.25. The maximum atomic E-state index is 6.49. The second kappa shape index (κ2) is 8.22. The number of nitrogens with zero attached hydrogens (tertiary/aromatic N) is 3. The molecular weight excluding hydrogens is 356 g/mol. The Labute approximate surface area is 167 Å². The molecule has 0 saturated carbocycles. The minimum absolute atomic E-state index is 0.721. The zero-order valence-electron chi connectivity index (χ0n) is 16.9. The summed E-state index contributed by atoms with van der Waals surface area (Å²) in [7, 11) is 2.06. The van der Waals surface area contributed by atoms with Crippen LogP contribution in [0.25, 0.3) is 11.0 Å². The number of anilines is 3. The molecule has 0 bridgehead atoms. The number of benzene rings is 2. The van der Waals surface area contributed by atoms with Gasteiger partial charge in [-0.25, -0.2) is 4.98 Å². The van der Waals surface area contributed by atoms with E-state index in [-0.39, 0.29) is 0 Å². The number of aromatic nitrogens is 2. The molecule has 4 nitrogen and oxygen atoms in total. The monoisotopic (exact) mass is 384 g/mol. The first-order valence-corrected chi connectivity index (χ1v) is 10.1. The molecular formula is C22H29ClN4. The second-order valence-corrected chi connectivity index (χ2v) is 7.60. The number of para-hydroxylation sites is 1. The van der Waals surface area contributed by atoms with Crippen LogP contribution in [-0.4, -0.2) is 22.6 Å². The molecule has 144 valence electrons. The summed E-state index contributed by atoms with van der Waals surface area (Å²) >= 11 is 6.49. The highest BCUT2D eigenvalue weighted by atomic mass is 35.5. The lowest BCUT2D eigenvalue weighted by atomic mass is 10.1. The standard InChI is InChI=1S/C22H29ClN4/c1-6-11-27(12-7-2)19-10-8-9-18-21(19)26(5)22(24-18)25-20-16(4)13-15(3)14-17(20)23/h8-10,13-14H,6-7,11-12H2,1-5H3,(H,24,25). The fourth-order valence-electron chi connectivity index (χ4n) is 3.69. The van der Waals surface area contributed by atoms with Crippen molar-refractivity contribution in [1.29, 1.82) is 0 Å². The number of hydrogen-bond donors (Lipinski definition) is 1. The minimum atomic E-state index is 0.721. The molecule has 0 aliphatic heterocycles. The molecule has 0 spiro atoms. The fraction of sp³-hybridized carbons (Fsp3) is 0.409. The molecule has 0 radical (unpaired) electrons. The zero-order valence-corrected chi connectivity index (χ0v) is 17.7. The van der Waals surface area contributed by atoms with Crippen LogP contribution in [0.5, 0.6) is 0 Å². The SMILES string of the molecule is CCCN(CCC)c1cccc2nc(Nc3c(C)cc(C)cc3Cl)n(C)c12. The van der Waals surface area contributed by atoms with Crippen LogP contribution in [0, 0.1) is 13.8 Å². The quantitative estimate of drug-likeness (QED) is 0.525. The van der Waals surface area contributed by atoms with Gasteiger partial charge in [-0.2, -0.15) is 0 Å². The fourth-order valence-corrected chi connectivity index (χ4v) is 4.06. The van der Waals surface area contributed by atoms with Crippen molar-refractivity contribution in [3.8, 4) is 0 Å². The lowest BCUT2D eigenvalue weighted by molar-refractivity contribution is 0.745. The van der Waals surface area contributed by atoms with Crippen molar-refractivity contribution in [2.45, 2.75) is 40.5 Å². The molecule has 0 fully saturated rings. The van der Waals surface area contributed by atoms with Gasteiger partial charge in [0.1, 0.15) is 0 Å². The Morgan fingerprint density at radius 3 is 2.44 bits per heavy atom. The van der Waals surface area contributed by atoms with Gasteiger partial charge in [0.05, 0.1) is 27.4 Å². The summed E-state index contributed by atoms with van der Waals surface area (Å²) in [6.45, 7) is 10.7. The first-order valence-electron chi connectivity index (χ1n) is 9.70. The van der Waals surface area contributed by atoms with Gasteiger partial charge in [-0.05, 0) is 56.0 Å². The Bertz CT molecular complexity index is 916. The number of imidazole rings is 1. The van der Waals surface area contributed by atoms with E-state index in [9.17, 15) is 0 Å². The summed E-state index contributed by atoms with van der Waals surface area (Å²) in [5.41, 5.74) is 6.58. The van der Waals surface area contributed by atoms with Gasteiger partial charge in [-0.3, -0.25) is 0 Å². The van der Waals surface area contributed by atoms with E-state index in [1.807, 2.05) is 6.07 Å². The van der Waals surface area contributed by atoms with E-state index >= 15 is 0 Å². The number of nitrogens with one attached hydrogen (secondary N) is 1. The van der Waals surface area contributed by atoms with E-state index < -0.39 is 0 Å². The predicted octanol–water partition coefficient (Wildman–Crippen LogP) is 6.21. The Kier molecular flexibility index (Phi) is 5.95. The molecule has 0 saturated heterocycles. The summed E-state index contributed by atoms with van der Waals surface area (Å²) in [6.07, 6.45) is 2.25. The number of fused-ring (bicyclic) bond motifs is 1. The van der Waals surface area contributed by atoms with Crippen LogP contribution in [0.4, 0.5) is 17.3 Å². The highest BCUT2D eigenvalue weighted by Gasteiger charge is 2.17. The van der Waals surface area contributed by atoms with Crippen LogP contribution in [-0.2, 0) is 7.05 Å². The molecule has 0 aliphatic rings. The Hall–Kier alpha value is -2.20. The van der Waals surface area contributed by atoms with E-state index in [4.69, 9.17) is 16.6 Å². The highest BCUT2D eigenvalue weighted by molar-refractivity contribution is 6.33. The summed E-state index contributed by atoms with van der Waals surface area (Å²) in [5.74, 6) is 0.805. The van der Waals surface area contributed by atoms with Crippen molar-refractivity contribution in [1.82, 2.24) is 9.55 Å². The van der Waals surface area contributed by atoms with E-state index in [1.165, 1.54) is 5.69 Å². The number of aryl methyl sites for hydroxylation is 3. The second-order valence-electron chi connectivity index (χ2n) is 7.19. The Balaban J connectivity index is 2.07. The molecule has 5 heteroatoms. The van der Waals surface area contributed by atoms with Gasteiger partial charge in [0.2, 0.25) is 5.95 Å². The van der Waals surface area contributed by atoms with Crippen molar-refractivity contribution in [2.24, 2.45) is 7.05 Å². The summed E-state index contributed by atoms with van der Waals surface area (Å²) in [4.78, 5) is 7.30. The molecule has 1 N–H and O–H groups in total.